The summed E-state index contributed by atoms with van der Waals surface area (Å²) in [5, 5.41) is 2.38. The molecule has 4 nitrogen and oxygen atoms in total. The topological polar surface area (TPSA) is 36.4 Å². The fourth-order valence-corrected chi connectivity index (χ4v) is 2.68. The predicted molar refractivity (Wildman–Crippen MR) is 80.5 cm³/mol. The van der Waals surface area contributed by atoms with Crippen LogP contribution in [0.5, 0.6) is 0 Å². The highest BCUT2D eigenvalue weighted by atomic mass is 16.2. The molecule has 4 heteroatoms. The molecule has 0 saturated carbocycles. The third-order valence-corrected chi connectivity index (χ3v) is 3.80. The zero-order chi connectivity index (χ0) is 13.9. The van der Waals surface area contributed by atoms with Gasteiger partial charge in [0, 0.05) is 44.2 Å². The number of pyridine rings is 1. The number of carbonyl (C=O) groups excluding carboxylic acids is 1. The third-order valence-electron chi connectivity index (χ3n) is 3.80. The Morgan fingerprint density at radius 3 is 2.65 bits per heavy atom. The summed E-state index contributed by atoms with van der Waals surface area (Å²) in [5.74, 6) is 1.15. The van der Waals surface area contributed by atoms with E-state index >= 15 is 0 Å². The van der Waals surface area contributed by atoms with Gasteiger partial charge in [0.2, 0.25) is 5.91 Å². The average Bonchev–Trinajstić information content (AvgIpc) is 2.54. The smallest absolute Gasteiger partial charge is 0.222 e. The van der Waals surface area contributed by atoms with Gasteiger partial charge in [-0.25, -0.2) is 4.98 Å². The van der Waals surface area contributed by atoms with Crippen LogP contribution in [-0.4, -0.2) is 42.0 Å². The molecule has 1 fully saturated rings. The molecule has 1 amide bonds. The number of aromatic nitrogens is 1. The molecule has 0 bridgehead atoms. The standard InChI is InChI=1S/C16H18N3O/c1-2-15(20)18-9-11-19(12-10-18)16-14-6-4-3-5-13(14)7-8-17-16/h3-8H,1-2,9-12H2. The Kier molecular flexibility index (Phi) is 3.54. The Bertz CT molecular complexity index is 613. The highest BCUT2D eigenvalue weighted by molar-refractivity contribution is 5.92. The van der Waals surface area contributed by atoms with Gasteiger partial charge in [0.1, 0.15) is 5.82 Å². The Labute approximate surface area is 119 Å². The molecule has 1 aliphatic rings. The van der Waals surface area contributed by atoms with Crippen LogP contribution in [0.1, 0.15) is 6.42 Å². The summed E-state index contributed by atoms with van der Waals surface area (Å²) in [6.45, 7) is 6.81. The van der Waals surface area contributed by atoms with Gasteiger partial charge in [0.15, 0.2) is 0 Å². The molecule has 0 N–H and O–H groups in total. The third kappa shape index (κ3) is 2.33. The summed E-state index contributed by atoms with van der Waals surface area (Å²) in [6, 6.07) is 10.3. The van der Waals surface area contributed by atoms with Crippen LogP contribution in [0.25, 0.3) is 10.8 Å². The lowest BCUT2D eigenvalue weighted by atomic mass is 10.1. The first-order valence-electron chi connectivity index (χ1n) is 6.95. The molecule has 0 aliphatic carbocycles. The maximum atomic E-state index is 11.7. The van der Waals surface area contributed by atoms with Gasteiger partial charge in [-0.3, -0.25) is 4.79 Å². The maximum Gasteiger partial charge on any atom is 0.222 e. The van der Waals surface area contributed by atoms with Crippen LogP contribution in [0.4, 0.5) is 5.82 Å². The van der Waals surface area contributed by atoms with Crippen molar-refractivity contribution in [2.75, 3.05) is 31.1 Å². The molecule has 2 heterocycles. The van der Waals surface area contributed by atoms with E-state index in [-0.39, 0.29) is 5.91 Å². The van der Waals surface area contributed by atoms with E-state index in [1.165, 1.54) is 10.8 Å². The molecule has 3 rings (SSSR count). The average molecular weight is 268 g/mol. The van der Waals surface area contributed by atoms with Gasteiger partial charge < -0.3 is 9.80 Å². The molecule has 1 aromatic carbocycles. The second kappa shape index (κ2) is 5.49. The number of fused-ring (bicyclic) bond motifs is 1. The minimum absolute atomic E-state index is 0.135. The van der Waals surface area contributed by atoms with E-state index < -0.39 is 0 Å². The van der Waals surface area contributed by atoms with Crippen molar-refractivity contribution in [2.24, 2.45) is 0 Å². The van der Waals surface area contributed by atoms with E-state index in [9.17, 15) is 4.79 Å². The number of hydrogen-bond donors (Lipinski definition) is 0. The van der Waals surface area contributed by atoms with Crippen molar-refractivity contribution in [3.63, 3.8) is 0 Å². The Morgan fingerprint density at radius 2 is 1.90 bits per heavy atom. The monoisotopic (exact) mass is 268 g/mol. The molecule has 2 aromatic rings. The number of nitrogens with zero attached hydrogens (tertiary/aromatic N) is 3. The van der Waals surface area contributed by atoms with Gasteiger partial charge in [-0.15, -0.1) is 0 Å². The van der Waals surface area contributed by atoms with Crippen LogP contribution in [0.3, 0.4) is 0 Å². The normalized spacial score (nSPS) is 15.7. The van der Waals surface area contributed by atoms with Crippen molar-refractivity contribution < 1.29 is 4.79 Å². The predicted octanol–water partition coefficient (Wildman–Crippen LogP) is 2.11. The fourth-order valence-electron chi connectivity index (χ4n) is 2.68. The maximum absolute atomic E-state index is 11.7. The van der Waals surface area contributed by atoms with E-state index in [1.54, 1.807) is 0 Å². The van der Waals surface area contributed by atoms with Gasteiger partial charge in [-0.1, -0.05) is 24.3 Å². The van der Waals surface area contributed by atoms with Crippen LogP contribution >= 0.6 is 0 Å². The molecule has 1 aliphatic heterocycles. The number of hydrogen-bond acceptors (Lipinski definition) is 3. The SMILES string of the molecule is [CH2]CC(=O)N1CCN(c2nccc3ccccc23)CC1. The summed E-state index contributed by atoms with van der Waals surface area (Å²) in [5.41, 5.74) is 0. The first-order valence-corrected chi connectivity index (χ1v) is 6.95. The summed E-state index contributed by atoms with van der Waals surface area (Å²) in [4.78, 5) is 20.3. The number of piperazine rings is 1. The number of anilines is 1. The van der Waals surface area contributed by atoms with E-state index in [0.717, 1.165) is 32.0 Å². The fraction of sp³-hybridized carbons (Fsp3) is 0.312. The van der Waals surface area contributed by atoms with E-state index in [2.05, 4.69) is 28.9 Å². The summed E-state index contributed by atoms with van der Waals surface area (Å²) >= 11 is 0. The largest absolute Gasteiger partial charge is 0.353 e. The van der Waals surface area contributed by atoms with Gasteiger partial charge >= 0.3 is 0 Å². The molecule has 0 atom stereocenters. The summed E-state index contributed by atoms with van der Waals surface area (Å²) in [6.07, 6.45) is 2.19. The molecule has 1 aromatic heterocycles. The molecule has 1 radical (unpaired) electrons. The van der Waals surface area contributed by atoms with Crippen LogP contribution < -0.4 is 4.90 Å². The number of rotatable bonds is 2. The van der Waals surface area contributed by atoms with E-state index in [1.807, 2.05) is 29.3 Å². The second-order valence-corrected chi connectivity index (χ2v) is 4.97. The van der Waals surface area contributed by atoms with Crippen LogP contribution in [0.15, 0.2) is 36.5 Å². The molecule has 20 heavy (non-hydrogen) atoms. The highest BCUT2D eigenvalue weighted by Crippen LogP contribution is 2.24. The van der Waals surface area contributed by atoms with Crippen molar-refractivity contribution in [2.45, 2.75) is 6.42 Å². The number of amides is 1. The lowest BCUT2D eigenvalue weighted by Gasteiger charge is -2.35. The van der Waals surface area contributed by atoms with Crippen LogP contribution in [0.2, 0.25) is 0 Å². The van der Waals surface area contributed by atoms with Gasteiger partial charge in [0.25, 0.3) is 0 Å². The van der Waals surface area contributed by atoms with Crippen molar-refractivity contribution in [1.29, 1.82) is 0 Å². The van der Waals surface area contributed by atoms with E-state index in [4.69, 9.17) is 0 Å². The molecule has 0 unspecified atom stereocenters. The van der Waals surface area contributed by atoms with Crippen LogP contribution in [0, 0.1) is 6.92 Å². The van der Waals surface area contributed by atoms with Crippen LogP contribution in [-0.2, 0) is 4.79 Å². The van der Waals surface area contributed by atoms with Gasteiger partial charge in [0.05, 0.1) is 0 Å². The molecule has 0 spiro atoms. The molecular formula is C16H18N3O. The lowest BCUT2D eigenvalue weighted by Crippen LogP contribution is -2.48. The first-order chi connectivity index (χ1) is 9.79. The zero-order valence-electron chi connectivity index (χ0n) is 11.5. The molecular weight excluding hydrogens is 250 g/mol. The van der Waals surface area contributed by atoms with Crippen molar-refractivity contribution in [1.82, 2.24) is 9.88 Å². The van der Waals surface area contributed by atoms with Gasteiger partial charge in [-0.05, 0) is 18.4 Å². The van der Waals surface area contributed by atoms with Crippen molar-refractivity contribution in [3.8, 4) is 0 Å². The minimum atomic E-state index is 0.135. The molecule has 1 saturated heterocycles. The molecule has 103 valence electrons. The number of carbonyl (C=O) groups is 1. The first kappa shape index (κ1) is 12.9. The summed E-state index contributed by atoms with van der Waals surface area (Å²) in [7, 11) is 0. The van der Waals surface area contributed by atoms with Crippen molar-refractivity contribution >= 4 is 22.5 Å². The Hall–Kier alpha value is -2.10. The van der Waals surface area contributed by atoms with Crippen molar-refractivity contribution in [3.05, 3.63) is 43.5 Å². The van der Waals surface area contributed by atoms with Gasteiger partial charge in [-0.2, -0.15) is 0 Å². The van der Waals surface area contributed by atoms with E-state index in [0.29, 0.717) is 6.42 Å². The Balaban J connectivity index is 1.82. The Morgan fingerprint density at radius 1 is 1.15 bits per heavy atom. The number of benzene rings is 1. The summed E-state index contributed by atoms with van der Waals surface area (Å²) < 4.78 is 0. The second-order valence-electron chi connectivity index (χ2n) is 4.97. The lowest BCUT2D eigenvalue weighted by molar-refractivity contribution is -0.130. The zero-order valence-corrected chi connectivity index (χ0v) is 11.5. The quantitative estimate of drug-likeness (QED) is 0.837. The minimum Gasteiger partial charge on any atom is -0.353 e. The highest BCUT2D eigenvalue weighted by Gasteiger charge is 2.21.